The number of allylic oxidation sites excluding steroid dienone is 2. The third-order valence-corrected chi connectivity index (χ3v) is 8.07. The molecule has 0 saturated heterocycles. The predicted octanol–water partition coefficient (Wildman–Crippen LogP) is 4.68. The van der Waals surface area contributed by atoms with Gasteiger partial charge in [-0.05, 0) is 93.5 Å². The summed E-state index contributed by atoms with van der Waals surface area (Å²) >= 11 is 0. The second-order valence-electron chi connectivity index (χ2n) is 9.43. The number of hydrogen-bond donors (Lipinski definition) is 1. The van der Waals surface area contributed by atoms with E-state index in [9.17, 15) is 9.90 Å². The van der Waals surface area contributed by atoms with E-state index in [1.807, 2.05) is 13.0 Å². The summed E-state index contributed by atoms with van der Waals surface area (Å²) in [4.78, 5) is 12.5. The van der Waals surface area contributed by atoms with Crippen molar-refractivity contribution >= 4 is 5.78 Å². The summed E-state index contributed by atoms with van der Waals surface area (Å²) < 4.78 is 0. The molecule has 0 amide bonds. The molecule has 0 aliphatic heterocycles. The minimum atomic E-state index is -0.0931. The van der Waals surface area contributed by atoms with E-state index in [0.717, 1.165) is 43.1 Å². The fourth-order valence-corrected chi connectivity index (χ4v) is 6.83. The maximum atomic E-state index is 12.5. The number of carbonyl (C=O) groups is 1. The maximum Gasteiger partial charge on any atom is 0.159 e. The predicted molar refractivity (Wildman–Crippen MR) is 96.4 cm³/mol. The number of carbonyl (C=O) groups excluding carboxylic acids is 1. The molecule has 1 N–H and O–H groups in total. The summed E-state index contributed by atoms with van der Waals surface area (Å²) in [5.74, 6) is 3.34. The lowest BCUT2D eigenvalue weighted by Crippen LogP contribution is -2.48. The molecule has 0 spiro atoms. The normalized spacial score (nSPS) is 47.5. The Morgan fingerprint density at radius 1 is 1.29 bits per heavy atom. The molecule has 1 unspecified atom stereocenters. The summed E-state index contributed by atoms with van der Waals surface area (Å²) in [6.07, 6.45) is 10.8. The van der Waals surface area contributed by atoms with E-state index >= 15 is 0 Å². The van der Waals surface area contributed by atoms with Crippen LogP contribution in [0.3, 0.4) is 0 Å². The van der Waals surface area contributed by atoms with Gasteiger partial charge in [-0.25, -0.2) is 0 Å². The van der Waals surface area contributed by atoms with Crippen LogP contribution in [0.2, 0.25) is 0 Å². The molecule has 0 aromatic heterocycles. The van der Waals surface area contributed by atoms with Crippen LogP contribution in [-0.4, -0.2) is 17.0 Å². The number of fused-ring (bicyclic) bond motifs is 5. The zero-order chi connectivity index (χ0) is 17.1. The highest BCUT2D eigenvalue weighted by atomic mass is 16.3. The van der Waals surface area contributed by atoms with Gasteiger partial charge in [-0.1, -0.05) is 18.1 Å². The molecule has 0 radical (unpaired) electrons. The average molecular weight is 328 g/mol. The van der Waals surface area contributed by atoms with E-state index in [0.29, 0.717) is 17.6 Å². The molecule has 0 aromatic rings. The lowest BCUT2D eigenvalue weighted by Gasteiger charge is -2.53. The van der Waals surface area contributed by atoms with Gasteiger partial charge in [0.15, 0.2) is 5.78 Å². The van der Waals surface area contributed by atoms with Gasteiger partial charge in [-0.3, -0.25) is 4.79 Å². The second-order valence-corrected chi connectivity index (χ2v) is 9.43. The van der Waals surface area contributed by atoms with E-state index in [4.69, 9.17) is 0 Å². The van der Waals surface area contributed by atoms with Crippen molar-refractivity contribution in [2.24, 2.45) is 35.0 Å². The van der Waals surface area contributed by atoms with E-state index in [1.165, 1.54) is 31.3 Å². The van der Waals surface area contributed by atoms with E-state index in [2.05, 4.69) is 13.5 Å². The van der Waals surface area contributed by atoms with Crippen LogP contribution >= 0.6 is 0 Å². The fraction of sp³-hybridized carbons (Fsp3) is 0.773. The largest absolute Gasteiger partial charge is 0.393 e. The summed E-state index contributed by atoms with van der Waals surface area (Å²) in [7, 11) is 0. The monoisotopic (exact) mass is 328 g/mol. The van der Waals surface area contributed by atoms with Gasteiger partial charge in [0, 0.05) is 5.92 Å². The topological polar surface area (TPSA) is 37.3 Å². The number of ketones is 1. The molecule has 7 atom stereocenters. The Bertz CT molecular complexity index is 589. The van der Waals surface area contributed by atoms with E-state index in [1.54, 1.807) is 0 Å². The van der Waals surface area contributed by atoms with Crippen molar-refractivity contribution in [1.82, 2.24) is 0 Å². The SMILES string of the molecule is C=C(C)CC1C[C@H]2C(=CC1=O)CC[C@@H]1[C@@H]2CC[C@]2(C)[C@@H](O)CC[C@@H]12. The Kier molecular flexibility index (Phi) is 4.03. The van der Waals surface area contributed by atoms with Gasteiger partial charge in [0.25, 0.3) is 0 Å². The van der Waals surface area contributed by atoms with Crippen molar-refractivity contribution in [3.63, 3.8) is 0 Å². The molecule has 0 heterocycles. The smallest absolute Gasteiger partial charge is 0.159 e. The number of hydrogen-bond acceptors (Lipinski definition) is 2. The summed E-state index contributed by atoms with van der Waals surface area (Å²) in [6, 6.07) is 0. The standard InChI is InChI=1S/C22H32O2/c1-13(2)10-15-11-18-14(12-20(15)23)4-5-17-16(18)8-9-22(3)19(17)6-7-21(22)24/h12,15-19,21,24H,1,4-11H2,2-3H3/t15?,16-,17+,18-,19-,21-,22-/m0/s1. The van der Waals surface area contributed by atoms with Crippen LogP contribution in [0.5, 0.6) is 0 Å². The van der Waals surface area contributed by atoms with Crippen LogP contribution in [-0.2, 0) is 4.79 Å². The molecule has 4 aliphatic carbocycles. The summed E-state index contributed by atoms with van der Waals surface area (Å²) in [6.45, 7) is 8.41. The van der Waals surface area contributed by atoms with Crippen LogP contribution in [0.25, 0.3) is 0 Å². The number of rotatable bonds is 2. The van der Waals surface area contributed by atoms with Crippen LogP contribution in [0.15, 0.2) is 23.8 Å². The van der Waals surface area contributed by atoms with Crippen molar-refractivity contribution in [2.45, 2.75) is 71.3 Å². The molecule has 2 heteroatoms. The van der Waals surface area contributed by atoms with Crippen LogP contribution in [0.1, 0.15) is 65.2 Å². The molecule has 132 valence electrons. The van der Waals surface area contributed by atoms with Crippen molar-refractivity contribution < 1.29 is 9.90 Å². The highest BCUT2D eigenvalue weighted by molar-refractivity contribution is 5.93. The van der Waals surface area contributed by atoms with Crippen LogP contribution < -0.4 is 0 Å². The highest BCUT2D eigenvalue weighted by Gasteiger charge is 2.56. The molecule has 4 aliphatic rings. The van der Waals surface area contributed by atoms with Gasteiger partial charge < -0.3 is 5.11 Å². The first-order valence-electron chi connectivity index (χ1n) is 9.97. The fourth-order valence-electron chi connectivity index (χ4n) is 6.83. The van der Waals surface area contributed by atoms with Gasteiger partial charge in [0.05, 0.1) is 6.10 Å². The second kappa shape index (κ2) is 5.83. The van der Waals surface area contributed by atoms with Gasteiger partial charge in [-0.15, -0.1) is 6.58 Å². The van der Waals surface area contributed by atoms with Crippen LogP contribution in [0.4, 0.5) is 0 Å². The third-order valence-electron chi connectivity index (χ3n) is 8.07. The van der Waals surface area contributed by atoms with Crippen molar-refractivity contribution in [1.29, 1.82) is 0 Å². The first kappa shape index (κ1) is 16.6. The zero-order valence-electron chi connectivity index (χ0n) is 15.3. The average Bonchev–Trinajstić information content (AvgIpc) is 2.83. The molecule has 0 aromatic carbocycles. The highest BCUT2D eigenvalue weighted by Crippen LogP contribution is 2.62. The maximum absolute atomic E-state index is 12.5. The van der Waals surface area contributed by atoms with Gasteiger partial charge in [0.1, 0.15) is 0 Å². The van der Waals surface area contributed by atoms with Crippen LogP contribution in [0, 0.1) is 35.0 Å². The minimum Gasteiger partial charge on any atom is -0.393 e. The minimum absolute atomic E-state index is 0.0931. The number of aliphatic hydroxyl groups excluding tert-OH is 1. The van der Waals surface area contributed by atoms with E-state index in [-0.39, 0.29) is 17.4 Å². The number of aliphatic hydroxyl groups is 1. The lowest BCUT2D eigenvalue weighted by molar-refractivity contribution is -0.120. The van der Waals surface area contributed by atoms with Gasteiger partial charge in [0.2, 0.25) is 0 Å². The Hall–Kier alpha value is -0.890. The first-order chi connectivity index (χ1) is 11.4. The Morgan fingerprint density at radius 2 is 2.08 bits per heavy atom. The first-order valence-corrected chi connectivity index (χ1v) is 9.97. The Balaban J connectivity index is 1.59. The Morgan fingerprint density at radius 3 is 2.83 bits per heavy atom. The molecule has 0 bridgehead atoms. The van der Waals surface area contributed by atoms with Gasteiger partial charge in [-0.2, -0.15) is 0 Å². The molecule has 4 rings (SSSR count). The molecule has 24 heavy (non-hydrogen) atoms. The molecular weight excluding hydrogens is 296 g/mol. The quantitative estimate of drug-likeness (QED) is 0.747. The Labute approximate surface area is 146 Å². The van der Waals surface area contributed by atoms with E-state index < -0.39 is 0 Å². The molecule has 2 nitrogen and oxygen atoms in total. The van der Waals surface area contributed by atoms with Crippen molar-refractivity contribution in [2.75, 3.05) is 0 Å². The third kappa shape index (κ3) is 2.44. The van der Waals surface area contributed by atoms with Crippen molar-refractivity contribution in [3.05, 3.63) is 23.8 Å². The summed E-state index contributed by atoms with van der Waals surface area (Å²) in [5.41, 5.74) is 2.73. The lowest BCUT2D eigenvalue weighted by atomic mass is 9.51. The molecular formula is C22H32O2. The zero-order valence-corrected chi connectivity index (χ0v) is 15.3. The van der Waals surface area contributed by atoms with Crippen molar-refractivity contribution in [3.8, 4) is 0 Å². The summed E-state index contributed by atoms with van der Waals surface area (Å²) in [5, 5.41) is 10.5. The van der Waals surface area contributed by atoms with Gasteiger partial charge >= 0.3 is 0 Å². The molecule has 3 fully saturated rings. The molecule has 3 saturated carbocycles.